The zero-order valence-corrected chi connectivity index (χ0v) is 15.7. The van der Waals surface area contributed by atoms with Gasteiger partial charge in [0.1, 0.15) is 17.2 Å². The van der Waals surface area contributed by atoms with Crippen LogP contribution in [0, 0.1) is 10.1 Å². The molecule has 10 heteroatoms. The molecule has 1 aromatic heterocycles. The molecule has 29 heavy (non-hydrogen) atoms. The highest BCUT2D eigenvalue weighted by atomic mass is 16.6. The Morgan fingerprint density at radius 3 is 2.62 bits per heavy atom. The molecule has 4 N–H and O–H groups in total. The Kier molecular flexibility index (Phi) is 4.75. The van der Waals surface area contributed by atoms with Crippen LogP contribution in [0.25, 0.3) is 0 Å². The number of guanidine groups is 2. The Morgan fingerprint density at radius 1 is 1.14 bits per heavy atom. The van der Waals surface area contributed by atoms with Crippen LogP contribution >= 0.6 is 0 Å². The monoisotopic (exact) mass is 395 g/mol. The third kappa shape index (κ3) is 3.68. The topological polar surface area (TPSA) is 145 Å². The smallest absolute Gasteiger partial charge is 0.275 e. The first-order chi connectivity index (χ1) is 14.0. The van der Waals surface area contributed by atoms with Gasteiger partial charge in [-0.25, -0.2) is 4.99 Å². The normalized spacial score (nSPS) is 18.1. The van der Waals surface area contributed by atoms with Crippen molar-refractivity contribution in [1.29, 1.82) is 0 Å². The van der Waals surface area contributed by atoms with Crippen LogP contribution in [0.2, 0.25) is 0 Å². The maximum Gasteiger partial charge on any atom is 0.275 e. The number of hydrogen-bond acceptors (Lipinski definition) is 9. The van der Waals surface area contributed by atoms with Crippen molar-refractivity contribution in [2.45, 2.75) is 37.8 Å². The number of nitrogens with two attached hydrogens (primary N) is 2. The molecule has 2 aliphatic rings. The van der Waals surface area contributed by atoms with Crippen molar-refractivity contribution in [3.8, 4) is 11.5 Å². The number of ether oxygens (including phenoxy) is 1. The summed E-state index contributed by atoms with van der Waals surface area (Å²) in [6, 6.07) is 7.94. The van der Waals surface area contributed by atoms with Gasteiger partial charge in [-0.15, -0.1) is 0 Å². The van der Waals surface area contributed by atoms with Gasteiger partial charge in [0.2, 0.25) is 11.9 Å². The highest BCUT2D eigenvalue weighted by molar-refractivity contribution is 6.05. The molecule has 0 amide bonds. The molecule has 0 saturated heterocycles. The van der Waals surface area contributed by atoms with Crippen LogP contribution in [-0.4, -0.2) is 27.5 Å². The molecular formula is C19H21N7O3. The maximum absolute atomic E-state index is 11.6. The summed E-state index contributed by atoms with van der Waals surface area (Å²) in [7, 11) is 0. The van der Waals surface area contributed by atoms with E-state index in [1.165, 1.54) is 18.3 Å². The molecule has 1 aliphatic heterocycles. The molecule has 150 valence electrons. The minimum atomic E-state index is -0.699. The number of pyridine rings is 1. The number of nitrogens with zero attached hydrogens (tertiary/aromatic N) is 5. The molecule has 2 aromatic rings. The third-order valence-corrected chi connectivity index (χ3v) is 5.07. The minimum absolute atomic E-state index is 0.123. The van der Waals surface area contributed by atoms with Crippen LogP contribution in [0.3, 0.4) is 0 Å². The maximum atomic E-state index is 11.6. The number of nitro benzene ring substituents is 1. The molecule has 1 aromatic carbocycles. The van der Waals surface area contributed by atoms with E-state index in [0.717, 1.165) is 32.1 Å². The van der Waals surface area contributed by atoms with Gasteiger partial charge in [0.25, 0.3) is 5.69 Å². The summed E-state index contributed by atoms with van der Waals surface area (Å²) in [6.45, 7) is 0. The number of non-ortho nitro benzene ring substituents is 1. The lowest BCUT2D eigenvalue weighted by Gasteiger charge is -2.45. The lowest BCUT2D eigenvalue weighted by atomic mass is 9.87. The average molecular weight is 395 g/mol. The molecule has 4 rings (SSSR count). The predicted molar refractivity (Wildman–Crippen MR) is 109 cm³/mol. The van der Waals surface area contributed by atoms with Crippen LogP contribution in [0.1, 0.15) is 32.1 Å². The van der Waals surface area contributed by atoms with E-state index >= 15 is 0 Å². The molecule has 1 aliphatic carbocycles. The molecule has 0 unspecified atom stereocenters. The SMILES string of the molecule is NC1=NC2(CCCCC2)N(c2cc(Oc3cccnc3)cc([N+](=O)[O-])c2)C(N)=N1. The second-order valence-electron chi connectivity index (χ2n) is 7.05. The fraction of sp³-hybridized carbons (Fsp3) is 0.316. The first-order valence-corrected chi connectivity index (χ1v) is 9.34. The van der Waals surface area contributed by atoms with Crippen LogP contribution in [0.15, 0.2) is 52.7 Å². The minimum Gasteiger partial charge on any atom is -0.455 e. The zero-order valence-electron chi connectivity index (χ0n) is 15.7. The number of nitro groups is 1. The van der Waals surface area contributed by atoms with Crippen molar-refractivity contribution in [3.63, 3.8) is 0 Å². The van der Waals surface area contributed by atoms with Crippen molar-refractivity contribution in [1.82, 2.24) is 4.98 Å². The largest absolute Gasteiger partial charge is 0.455 e. The number of rotatable bonds is 4. The van der Waals surface area contributed by atoms with Gasteiger partial charge in [-0.1, -0.05) is 6.42 Å². The molecule has 1 fully saturated rings. The van der Waals surface area contributed by atoms with Crippen LogP contribution < -0.4 is 21.1 Å². The van der Waals surface area contributed by atoms with Gasteiger partial charge in [-0.2, -0.15) is 4.99 Å². The summed E-state index contributed by atoms with van der Waals surface area (Å²) >= 11 is 0. The van der Waals surface area contributed by atoms with Crippen molar-refractivity contribution >= 4 is 23.3 Å². The molecule has 1 saturated carbocycles. The Bertz CT molecular complexity index is 985. The van der Waals surface area contributed by atoms with Gasteiger partial charge in [0.15, 0.2) is 0 Å². The Hall–Kier alpha value is -3.69. The fourth-order valence-electron chi connectivity index (χ4n) is 3.90. The standard InChI is InChI=1S/C19H21N7O3/c20-17-23-18(21)25(19(24-17)6-2-1-3-7-19)13-9-14(26(27)28)11-16(10-13)29-15-5-4-8-22-12-15/h4-5,8-12H,1-3,6-7H2,(H4,20,21,23,24). The summed E-state index contributed by atoms with van der Waals surface area (Å²) < 4.78 is 5.80. The van der Waals surface area contributed by atoms with Gasteiger partial charge in [-0.05, 0) is 37.8 Å². The molecule has 0 radical (unpaired) electrons. The van der Waals surface area contributed by atoms with E-state index in [1.54, 1.807) is 29.3 Å². The fourth-order valence-corrected chi connectivity index (χ4v) is 3.90. The molecule has 10 nitrogen and oxygen atoms in total. The van der Waals surface area contributed by atoms with Crippen LogP contribution in [0.4, 0.5) is 11.4 Å². The second kappa shape index (κ2) is 7.38. The van der Waals surface area contributed by atoms with Gasteiger partial charge in [-0.3, -0.25) is 20.0 Å². The summed E-state index contributed by atoms with van der Waals surface area (Å²) in [5, 5.41) is 11.6. The summed E-state index contributed by atoms with van der Waals surface area (Å²) in [4.78, 5) is 25.5. The Morgan fingerprint density at radius 2 is 1.93 bits per heavy atom. The molecular weight excluding hydrogens is 374 g/mol. The van der Waals surface area contributed by atoms with Crippen molar-refractivity contribution in [3.05, 3.63) is 52.8 Å². The number of aliphatic imine (C=N–C) groups is 2. The molecule has 0 bridgehead atoms. The van der Waals surface area contributed by atoms with Gasteiger partial charge >= 0.3 is 0 Å². The Balaban J connectivity index is 1.80. The Labute approximate surface area is 167 Å². The molecule has 0 atom stereocenters. The zero-order chi connectivity index (χ0) is 20.4. The van der Waals surface area contributed by atoms with Gasteiger partial charge in [0.05, 0.1) is 22.9 Å². The van der Waals surface area contributed by atoms with Crippen molar-refractivity contribution in [2.75, 3.05) is 4.90 Å². The van der Waals surface area contributed by atoms with Crippen molar-refractivity contribution < 1.29 is 9.66 Å². The van der Waals surface area contributed by atoms with E-state index in [9.17, 15) is 10.1 Å². The van der Waals surface area contributed by atoms with E-state index in [-0.39, 0.29) is 17.6 Å². The lowest BCUT2D eigenvalue weighted by molar-refractivity contribution is -0.384. The molecule has 2 heterocycles. The first kappa shape index (κ1) is 18.7. The number of anilines is 1. The van der Waals surface area contributed by atoms with Gasteiger partial charge in [0, 0.05) is 18.3 Å². The lowest BCUT2D eigenvalue weighted by Crippen LogP contribution is -2.58. The van der Waals surface area contributed by atoms with Crippen LogP contribution in [0.5, 0.6) is 11.5 Å². The summed E-state index contributed by atoms with van der Waals surface area (Å²) in [5.74, 6) is 1.04. The predicted octanol–water partition coefficient (Wildman–Crippen LogP) is 2.89. The molecule has 1 spiro atoms. The summed E-state index contributed by atoms with van der Waals surface area (Å²) in [6.07, 6.45) is 7.60. The van der Waals surface area contributed by atoms with E-state index in [2.05, 4.69) is 15.0 Å². The number of hydrogen-bond donors (Lipinski definition) is 2. The second-order valence-corrected chi connectivity index (χ2v) is 7.05. The summed E-state index contributed by atoms with van der Waals surface area (Å²) in [5.41, 5.74) is 11.8. The van der Waals surface area contributed by atoms with Crippen LogP contribution in [-0.2, 0) is 0 Å². The van der Waals surface area contributed by atoms with Crippen molar-refractivity contribution in [2.24, 2.45) is 21.5 Å². The van der Waals surface area contributed by atoms with E-state index in [1.807, 2.05) is 0 Å². The average Bonchev–Trinajstić information content (AvgIpc) is 2.68. The third-order valence-electron chi connectivity index (χ3n) is 5.07. The number of aromatic nitrogens is 1. The highest BCUT2D eigenvalue weighted by Gasteiger charge is 2.43. The highest BCUT2D eigenvalue weighted by Crippen LogP contribution is 2.41. The van der Waals surface area contributed by atoms with E-state index in [4.69, 9.17) is 16.2 Å². The van der Waals surface area contributed by atoms with E-state index in [0.29, 0.717) is 17.2 Å². The van der Waals surface area contributed by atoms with E-state index < -0.39 is 10.6 Å². The van der Waals surface area contributed by atoms with Gasteiger partial charge < -0.3 is 16.2 Å². The number of benzene rings is 1. The first-order valence-electron chi connectivity index (χ1n) is 9.34. The quantitative estimate of drug-likeness (QED) is 0.598.